The highest BCUT2D eigenvalue weighted by atomic mass is 35.5. The highest BCUT2D eigenvalue weighted by Crippen LogP contribution is 2.01. The first kappa shape index (κ1) is 9.33. The van der Waals surface area contributed by atoms with Gasteiger partial charge in [0.15, 0.2) is 0 Å². The Morgan fingerprint density at radius 2 is 2.25 bits per heavy atom. The summed E-state index contributed by atoms with van der Waals surface area (Å²) < 4.78 is 1.96. The third-order valence-electron chi connectivity index (χ3n) is 1.64. The molecule has 0 N–H and O–H groups in total. The zero-order valence-electron chi connectivity index (χ0n) is 7.42. The molecule has 0 unspecified atom stereocenters. The van der Waals surface area contributed by atoms with E-state index in [-0.39, 0.29) is 0 Å². The summed E-state index contributed by atoms with van der Waals surface area (Å²) >= 11 is 5.50. The van der Waals surface area contributed by atoms with Crippen molar-refractivity contribution in [2.75, 3.05) is 5.88 Å². The molecular weight excluding hydrogens is 172 g/mol. The SMILES string of the molecule is Cc1cc(C)n(C/C=C/CCl)n1. The molecule has 0 amide bonds. The maximum atomic E-state index is 5.50. The highest BCUT2D eigenvalue weighted by molar-refractivity contribution is 6.18. The van der Waals surface area contributed by atoms with Crippen molar-refractivity contribution in [3.63, 3.8) is 0 Å². The second kappa shape index (κ2) is 4.31. The summed E-state index contributed by atoms with van der Waals surface area (Å²) in [4.78, 5) is 0. The van der Waals surface area contributed by atoms with E-state index in [1.807, 2.05) is 23.8 Å². The molecule has 0 fully saturated rings. The van der Waals surface area contributed by atoms with Crippen LogP contribution in [0.3, 0.4) is 0 Å². The fourth-order valence-electron chi connectivity index (χ4n) is 1.10. The van der Waals surface area contributed by atoms with Crippen LogP contribution in [0.15, 0.2) is 18.2 Å². The van der Waals surface area contributed by atoms with Gasteiger partial charge in [0.05, 0.1) is 12.2 Å². The van der Waals surface area contributed by atoms with Crippen LogP contribution in [0.1, 0.15) is 11.4 Å². The largest absolute Gasteiger partial charge is 0.266 e. The Labute approximate surface area is 77.8 Å². The first-order valence-electron chi connectivity index (χ1n) is 3.96. The standard InChI is InChI=1S/C9H13ClN2/c1-8-7-9(2)12(11-8)6-4-3-5-10/h3-4,7H,5-6H2,1-2H3/b4-3+. The normalized spacial score (nSPS) is 11.2. The van der Waals surface area contributed by atoms with Crippen LogP contribution in [-0.2, 0) is 6.54 Å². The summed E-state index contributed by atoms with van der Waals surface area (Å²) in [7, 11) is 0. The van der Waals surface area contributed by atoms with Crippen LogP contribution in [0.2, 0.25) is 0 Å². The predicted octanol–water partition coefficient (Wildman–Crippen LogP) is 2.29. The number of aromatic nitrogens is 2. The molecule has 0 bridgehead atoms. The fraction of sp³-hybridized carbons (Fsp3) is 0.444. The lowest BCUT2D eigenvalue weighted by Crippen LogP contribution is -1.99. The van der Waals surface area contributed by atoms with Crippen molar-refractivity contribution in [3.8, 4) is 0 Å². The van der Waals surface area contributed by atoms with Gasteiger partial charge < -0.3 is 0 Å². The Morgan fingerprint density at radius 1 is 1.50 bits per heavy atom. The molecule has 1 heterocycles. The van der Waals surface area contributed by atoms with Crippen LogP contribution in [0.25, 0.3) is 0 Å². The fourth-order valence-corrected chi connectivity index (χ4v) is 1.22. The number of nitrogens with zero attached hydrogens (tertiary/aromatic N) is 2. The number of hydrogen-bond acceptors (Lipinski definition) is 1. The van der Waals surface area contributed by atoms with Gasteiger partial charge in [0.1, 0.15) is 0 Å². The highest BCUT2D eigenvalue weighted by Gasteiger charge is 1.96. The lowest BCUT2D eigenvalue weighted by molar-refractivity contribution is 0.672. The average molecular weight is 185 g/mol. The van der Waals surface area contributed by atoms with Gasteiger partial charge in [0.2, 0.25) is 0 Å². The summed E-state index contributed by atoms with van der Waals surface area (Å²) in [5.41, 5.74) is 2.25. The molecule has 66 valence electrons. The van der Waals surface area contributed by atoms with E-state index in [1.165, 1.54) is 5.69 Å². The number of halogens is 1. The minimum atomic E-state index is 0.569. The minimum absolute atomic E-state index is 0.569. The van der Waals surface area contributed by atoms with Gasteiger partial charge in [0.25, 0.3) is 0 Å². The zero-order chi connectivity index (χ0) is 8.97. The second-order valence-corrected chi connectivity index (χ2v) is 3.04. The molecule has 0 saturated heterocycles. The van der Waals surface area contributed by atoms with Crippen molar-refractivity contribution < 1.29 is 0 Å². The van der Waals surface area contributed by atoms with Crippen LogP contribution in [0.5, 0.6) is 0 Å². The molecule has 0 aliphatic carbocycles. The van der Waals surface area contributed by atoms with Crippen LogP contribution in [0.4, 0.5) is 0 Å². The van der Waals surface area contributed by atoms with Gasteiger partial charge in [-0.2, -0.15) is 5.10 Å². The van der Waals surface area contributed by atoms with Gasteiger partial charge in [-0.3, -0.25) is 4.68 Å². The topological polar surface area (TPSA) is 17.8 Å². The minimum Gasteiger partial charge on any atom is -0.266 e. The summed E-state index contributed by atoms with van der Waals surface area (Å²) in [6.45, 7) is 4.86. The van der Waals surface area contributed by atoms with Crippen molar-refractivity contribution in [3.05, 3.63) is 29.6 Å². The Bertz CT molecular complexity index is 276. The molecule has 1 rings (SSSR count). The van der Waals surface area contributed by atoms with Crippen molar-refractivity contribution >= 4 is 11.6 Å². The van der Waals surface area contributed by atoms with E-state index in [0.29, 0.717) is 5.88 Å². The van der Waals surface area contributed by atoms with Crippen molar-refractivity contribution in [2.24, 2.45) is 0 Å². The molecule has 1 aromatic rings. The van der Waals surface area contributed by atoms with Gasteiger partial charge >= 0.3 is 0 Å². The number of alkyl halides is 1. The van der Waals surface area contributed by atoms with Crippen LogP contribution in [0, 0.1) is 13.8 Å². The molecule has 3 heteroatoms. The van der Waals surface area contributed by atoms with Gasteiger partial charge in [-0.25, -0.2) is 0 Å². The first-order valence-corrected chi connectivity index (χ1v) is 4.49. The van der Waals surface area contributed by atoms with E-state index >= 15 is 0 Å². The van der Waals surface area contributed by atoms with Crippen molar-refractivity contribution in [1.82, 2.24) is 9.78 Å². The number of rotatable bonds is 3. The maximum Gasteiger partial charge on any atom is 0.0596 e. The second-order valence-electron chi connectivity index (χ2n) is 2.73. The summed E-state index contributed by atoms with van der Waals surface area (Å²) in [5.74, 6) is 0.569. The molecular formula is C9H13ClN2. The Hall–Kier alpha value is -0.760. The monoisotopic (exact) mass is 184 g/mol. The molecule has 0 aliphatic heterocycles. The van der Waals surface area contributed by atoms with Crippen molar-refractivity contribution in [2.45, 2.75) is 20.4 Å². The third-order valence-corrected chi connectivity index (χ3v) is 1.82. The first-order chi connectivity index (χ1) is 5.74. The van der Waals surface area contributed by atoms with Gasteiger partial charge in [-0.15, -0.1) is 11.6 Å². The maximum absolute atomic E-state index is 5.50. The Kier molecular flexibility index (Phi) is 3.35. The molecule has 0 aromatic carbocycles. The van der Waals surface area contributed by atoms with E-state index in [4.69, 9.17) is 11.6 Å². The number of aryl methyl sites for hydroxylation is 2. The summed E-state index contributed by atoms with van der Waals surface area (Å²) in [6.07, 6.45) is 3.95. The molecule has 0 atom stereocenters. The molecule has 0 spiro atoms. The van der Waals surface area contributed by atoms with Crippen LogP contribution in [-0.4, -0.2) is 15.7 Å². The van der Waals surface area contributed by atoms with Gasteiger partial charge in [-0.1, -0.05) is 12.2 Å². The molecule has 0 aliphatic rings. The molecule has 1 aromatic heterocycles. The Morgan fingerprint density at radius 3 is 2.75 bits per heavy atom. The lowest BCUT2D eigenvalue weighted by Gasteiger charge is -1.97. The number of allylic oxidation sites excluding steroid dienone is 2. The van der Waals surface area contributed by atoms with Gasteiger partial charge in [0, 0.05) is 11.6 Å². The molecule has 2 nitrogen and oxygen atoms in total. The number of hydrogen-bond donors (Lipinski definition) is 0. The van der Waals surface area contributed by atoms with Crippen molar-refractivity contribution in [1.29, 1.82) is 0 Å². The smallest absolute Gasteiger partial charge is 0.0596 e. The van der Waals surface area contributed by atoms with E-state index < -0.39 is 0 Å². The third kappa shape index (κ3) is 2.38. The predicted molar refractivity (Wildman–Crippen MR) is 51.6 cm³/mol. The van der Waals surface area contributed by atoms with E-state index in [9.17, 15) is 0 Å². The quantitative estimate of drug-likeness (QED) is 0.521. The Balaban J connectivity index is 2.62. The van der Waals surface area contributed by atoms with Crippen LogP contribution >= 0.6 is 11.6 Å². The molecule has 12 heavy (non-hydrogen) atoms. The molecule has 0 saturated carbocycles. The average Bonchev–Trinajstić information content (AvgIpc) is 2.31. The molecule has 0 radical (unpaired) electrons. The summed E-state index contributed by atoms with van der Waals surface area (Å²) in [6, 6.07) is 2.06. The van der Waals surface area contributed by atoms with E-state index in [1.54, 1.807) is 0 Å². The lowest BCUT2D eigenvalue weighted by atomic mass is 10.4. The summed E-state index contributed by atoms with van der Waals surface area (Å²) in [5, 5.41) is 4.30. The van der Waals surface area contributed by atoms with E-state index in [0.717, 1.165) is 12.2 Å². The van der Waals surface area contributed by atoms with Gasteiger partial charge in [-0.05, 0) is 19.9 Å². The zero-order valence-corrected chi connectivity index (χ0v) is 8.17. The van der Waals surface area contributed by atoms with Crippen LogP contribution < -0.4 is 0 Å². The van der Waals surface area contributed by atoms with E-state index in [2.05, 4.69) is 18.1 Å².